The summed E-state index contributed by atoms with van der Waals surface area (Å²) in [5.41, 5.74) is 3.02. The minimum Gasteiger partial charge on any atom is -0.479 e. The van der Waals surface area contributed by atoms with Crippen LogP contribution < -0.4 is 5.32 Å². The summed E-state index contributed by atoms with van der Waals surface area (Å²) >= 11 is 0. The van der Waals surface area contributed by atoms with Gasteiger partial charge in [0.1, 0.15) is 12.6 Å². The van der Waals surface area contributed by atoms with E-state index in [1.807, 2.05) is 50.2 Å². The second kappa shape index (κ2) is 10.1. The van der Waals surface area contributed by atoms with Crippen molar-refractivity contribution in [1.82, 2.24) is 10.2 Å². The number of benzene rings is 2. The maximum atomic E-state index is 13.3. The van der Waals surface area contributed by atoms with E-state index < -0.39 is 29.6 Å². The molecule has 1 unspecified atom stereocenters. The van der Waals surface area contributed by atoms with Crippen LogP contribution in [0.3, 0.4) is 0 Å². The number of nitrogens with zero attached hydrogens (tertiary/aromatic N) is 1. The van der Waals surface area contributed by atoms with E-state index in [-0.39, 0.29) is 38.1 Å². The van der Waals surface area contributed by atoms with Crippen LogP contribution in [0, 0.1) is 5.92 Å². The lowest BCUT2D eigenvalue weighted by molar-refractivity contribution is -0.158. The van der Waals surface area contributed by atoms with Gasteiger partial charge in [-0.3, -0.25) is 4.79 Å². The van der Waals surface area contributed by atoms with Crippen molar-refractivity contribution < 1.29 is 29.0 Å². The number of rotatable bonds is 8. The Labute approximate surface area is 205 Å². The molecule has 0 radical (unpaired) electrons. The van der Waals surface area contributed by atoms with Crippen LogP contribution in [0.5, 0.6) is 0 Å². The van der Waals surface area contributed by atoms with Crippen LogP contribution in [0.2, 0.25) is 0 Å². The van der Waals surface area contributed by atoms with Gasteiger partial charge in [-0.05, 0) is 34.6 Å². The summed E-state index contributed by atoms with van der Waals surface area (Å²) in [6.07, 6.45) is -0.153. The number of carbonyl (C=O) groups excluding carboxylic acids is 2. The van der Waals surface area contributed by atoms with Gasteiger partial charge >= 0.3 is 12.1 Å². The molecular weight excluding hydrogens is 448 g/mol. The van der Waals surface area contributed by atoms with Crippen molar-refractivity contribution in [2.45, 2.75) is 44.2 Å². The molecule has 2 atom stereocenters. The van der Waals surface area contributed by atoms with Crippen molar-refractivity contribution in [2.75, 3.05) is 26.9 Å². The zero-order valence-corrected chi connectivity index (χ0v) is 20.3. The van der Waals surface area contributed by atoms with Gasteiger partial charge in [-0.2, -0.15) is 0 Å². The summed E-state index contributed by atoms with van der Waals surface area (Å²) in [4.78, 5) is 39.4. The molecule has 1 saturated heterocycles. The maximum absolute atomic E-state index is 13.3. The number of amides is 2. The zero-order valence-electron chi connectivity index (χ0n) is 20.3. The second-order valence-corrected chi connectivity index (χ2v) is 9.69. The van der Waals surface area contributed by atoms with Gasteiger partial charge in [-0.1, -0.05) is 62.4 Å². The highest BCUT2D eigenvalue weighted by Gasteiger charge is 2.49. The Hall–Kier alpha value is -3.39. The fourth-order valence-electron chi connectivity index (χ4n) is 5.05. The quantitative estimate of drug-likeness (QED) is 0.598. The SMILES string of the molecule is CC(C)C[C@@H](NC(=O)OCC1c2ccccc2-c2ccccc21)C(=O)N(C)C1(C(=O)O)CCOC1. The number of fused-ring (bicyclic) bond motifs is 3. The molecule has 0 saturated carbocycles. The Morgan fingerprint density at radius 2 is 1.71 bits per heavy atom. The first-order valence-corrected chi connectivity index (χ1v) is 11.9. The molecule has 35 heavy (non-hydrogen) atoms. The number of hydrogen-bond donors (Lipinski definition) is 2. The van der Waals surface area contributed by atoms with Crippen LogP contribution >= 0.6 is 0 Å². The summed E-state index contributed by atoms with van der Waals surface area (Å²) < 4.78 is 10.9. The maximum Gasteiger partial charge on any atom is 0.407 e. The first-order chi connectivity index (χ1) is 16.7. The summed E-state index contributed by atoms with van der Waals surface area (Å²) in [5.74, 6) is -1.59. The molecule has 1 aliphatic carbocycles. The lowest BCUT2D eigenvalue weighted by Crippen LogP contribution is -2.60. The van der Waals surface area contributed by atoms with E-state index in [4.69, 9.17) is 9.47 Å². The highest BCUT2D eigenvalue weighted by atomic mass is 16.5. The van der Waals surface area contributed by atoms with Crippen LogP contribution in [-0.4, -0.2) is 66.4 Å². The average molecular weight is 481 g/mol. The molecule has 2 amide bonds. The molecule has 8 heteroatoms. The molecule has 2 aromatic carbocycles. The number of aliphatic carboxylic acids is 1. The third-order valence-electron chi connectivity index (χ3n) is 7.01. The van der Waals surface area contributed by atoms with Crippen molar-refractivity contribution in [3.63, 3.8) is 0 Å². The average Bonchev–Trinajstić information content (AvgIpc) is 3.46. The number of carboxylic acids is 1. The highest BCUT2D eigenvalue weighted by Crippen LogP contribution is 2.44. The van der Waals surface area contributed by atoms with Crippen LogP contribution in [0.15, 0.2) is 48.5 Å². The van der Waals surface area contributed by atoms with Crippen molar-refractivity contribution in [1.29, 1.82) is 0 Å². The molecule has 2 aromatic rings. The molecule has 8 nitrogen and oxygen atoms in total. The van der Waals surface area contributed by atoms with Gasteiger partial charge in [0.2, 0.25) is 5.91 Å². The lowest BCUT2D eigenvalue weighted by atomic mass is 9.94. The first kappa shape index (κ1) is 24.7. The molecule has 0 aromatic heterocycles. The Morgan fingerprint density at radius 3 is 2.23 bits per heavy atom. The molecule has 1 aliphatic heterocycles. The van der Waals surface area contributed by atoms with Crippen LogP contribution in [0.25, 0.3) is 11.1 Å². The number of ether oxygens (including phenoxy) is 2. The normalized spacial score (nSPS) is 19.7. The fourth-order valence-corrected chi connectivity index (χ4v) is 5.05. The fraction of sp³-hybridized carbons (Fsp3) is 0.444. The van der Waals surface area contributed by atoms with Crippen LogP contribution in [0.4, 0.5) is 4.79 Å². The molecular formula is C27H32N2O6. The molecule has 2 N–H and O–H groups in total. The molecule has 1 heterocycles. The molecule has 1 fully saturated rings. The molecule has 0 spiro atoms. The molecule has 4 rings (SSSR count). The highest BCUT2D eigenvalue weighted by molar-refractivity contribution is 5.91. The van der Waals surface area contributed by atoms with E-state index in [0.717, 1.165) is 22.3 Å². The Morgan fingerprint density at radius 1 is 1.11 bits per heavy atom. The third-order valence-corrected chi connectivity index (χ3v) is 7.01. The summed E-state index contributed by atoms with van der Waals surface area (Å²) in [5, 5.41) is 12.5. The van der Waals surface area contributed by atoms with E-state index in [1.165, 1.54) is 11.9 Å². The number of alkyl carbamates (subject to hydrolysis) is 1. The lowest BCUT2D eigenvalue weighted by Gasteiger charge is -2.36. The van der Waals surface area contributed by atoms with Crippen LogP contribution in [0.1, 0.15) is 43.7 Å². The zero-order chi connectivity index (χ0) is 25.2. The van der Waals surface area contributed by atoms with Crippen molar-refractivity contribution in [3.05, 3.63) is 59.7 Å². The summed E-state index contributed by atoms with van der Waals surface area (Å²) in [7, 11) is 1.46. The Kier molecular flexibility index (Phi) is 7.12. The Balaban J connectivity index is 1.46. The largest absolute Gasteiger partial charge is 0.479 e. The van der Waals surface area contributed by atoms with Gasteiger partial charge in [0.05, 0.1) is 6.61 Å². The minimum absolute atomic E-state index is 0.0794. The van der Waals surface area contributed by atoms with Gasteiger partial charge in [0.15, 0.2) is 5.54 Å². The first-order valence-electron chi connectivity index (χ1n) is 11.9. The van der Waals surface area contributed by atoms with Crippen LogP contribution in [-0.2, 0) is 19.1 Å². The Bertz CT molecular complexity index is 1060. The van der Waals surface area contributed by atoms with E-state index in [0.29, 0.717) is 6.42 Å². The number of likely N-dealkylation sites (N-methyl/N-ethyl adjacent to an activating group) is 1. The van der Waals surface area contributed by atoms with Crippen molar-refractivity contribution in [3.8, 4) is 11.1 Å². The predicted octanol–water partition coefficient (Wildman–Crippen LogP) is 3.64. The topological polar surface area (TPSA) is 105 Å². The van der Waals surface area contributed by atoms with Crippen molar-refractivity contribution in [2.24, 2.45) is 5.92 Å². The summed E-state index contributed by atoms with van der Waals surface area (Å²) in [6.45, 7) is 4.18. The van der Waals surface area contributed by atoms with Gasteiger partial charge in [0, 0.05) is 26.0 Å². The number of nitrogens with one attached hydrogen (secondary N) is 1. The van der Waals surface area contributed by atoms with Gasteiger partial charge in [0.25, 0.3) is 0 Å². The van der Waals surface area contributed by atoms with Gasteiger partial charge < -0.3 is 24.8 Å². The van der Waals surface area contributed by atoms with E-state index in [2.05, 4.69) is 17.4 Å². The van der Waals surface area contributed by atoms with E-state index in [9.17, 15) is 19.5 Å². The molecule has 186 valence electrons. The van der Waals surface area contributed by atoms with Gasteiger partial charge in [-0.25, -0.2) is 9.59 Å². The smallest absolute Gasteiger partial charge is 0.407 e. The van der Waals surface area contributed by atoms with Crippen molar-refractivity contribution >= 4 is 18.0 Å². The second-order valence-electron chi connectivity index (χ2n) is 9.69. The molecule has 0 bridgehead atoms. The molecule has 2 aliphatic rings. The van der Waals surface area contributed by atoms with E-state index >= 15 is 0 Å². The number of carbonyl (C=O) groups is 3. The number of carboxylic acid groups (broad SMARTS) is 1. The number of hydrogen-bond acceptors (Lipinski definition) is 5. The van der Waals surface area contributed by atoms with Gasteiger partial charge in [-0.15, -0.1) is 0 Å². The van der Waals surface area contributed by atoms with E-state index in [1.54, 1.807) is 0 Å². The standard InChI is InChI=1S/C27H32N2O6/c1-17(2)14-23(24(30)29(3)27(25(31)32)12-13-34-16-27)28-26(33)35-15-22-20-10-6-4-8-18(20)19-9-5-7-11-21(19)22/h4-11,17,22-23H,12-16H2,1-3H3,(H,28,33)(H,31,32)/t23-,27?/m1/s1. The minimum atomic E-state index is -1.44. The predicted molar refractivity (Wildman–Crippen MR) is 130 cm³/mol. The monoisotopic (exact) mass is 480 g/mol. The third kappa shape index (κ3) is 4.75. The summed E-state index contributed by atoms with van der Waals surface area (Å²) in [6, 6.07) is 15.2.